The lowest BCUT2D eigenvalue weighted by molar-refractivity contribution is -0.117. The van der Waals surface area contributed by atoms with Crippen LogP contribution in [0.3, 0.4) is 0 Å². The van der Waals surface area contributed by atoms with Crippen molar-refractivity contribution in [2.24, 2.45) is 0 Å². The predicted molar refractivity (Wildman–Crippen MR) is 97.7 cm³/mol. The maximum absolute atomic E-state index is 12.7. The molecule has 0 fully saturated rings. The van der Waals surface area contributed by atoms with Crippen molar-refractivity contribution in [1.82, 2.24) is 0 Å². The molecule has 5 nitrogen and oxygen atoms in total. The standard InChI is InChI=1S/C19H16BrNO4/c1-11(22)16-17(12-6-8-13(20)9-7-12)21(19(24)18(16)23)14-4-3-5-15(10-14)25-2/h3-10,17,23H,1-2H3. The number of nitrogens with zero attached hydrogens (tertiary/aromatic N) is 1. The molecule has 0 aliphatic carbocycles. The molecule has 1 unspecified atom stereocenters. The minimum absolute atomic E-state index is 0.0927. The third kappa shape index (κ3) is 3.05. The maximum atomic E-state index is 12.7. The molecular formula is C19H16BrNO4. The van der Waals surface area contributed by atoms with Gasteiger partial charge >= 0.3 is 0 Å². The molecule has 1 aliphatic rings. The average molecular weight is 402 g/mol. The molecule has 25 heavy (non-hydrogen) atoms. The van der Waals surface area contributed by atoms with Gasteiger partial charge in [0.15, 0.2) is 11.5 Å². The van der Waals surface area contributed by atoms with Gasteiger partial charge < -0.3 is 9.84 Å². The topological polar surface area (TPSA) is 66.8 Å². The molecule has 2 aromatic rings. The first kappa shape index (κ1) is 17.2. The monoisotopic (exact) mass is 401 g/mol. The van der Waals surface area contributed by atoms with Gasteiger partial charge in [0.05, 0.1) is 18.7 Å². The largest absolute Gasteiger partial charge is 0.503 e. The van der Waals surface area contributed by atoms with E-state index >= 15 is 0 Å². The van der Waals surface area contributed by atoms with Crippen LogP contribution in [0.2, 0.25) is 0 Å². The Morgan fingerprint density at radius 1 is 1.20 bits per heavy atom. The SMILES string of the molecule is COc1cccc(N2C(=O)C(O)=C(C(C)=O)C2c2ccc(Br)cc2)c1. The van der Waals surface area contributed by atoms with Crippen molar-refractivity contribution in [3.63, 3.8) is 0 Å². The summed E-state index contributed by atoms with van der Waals surface area (Å²) in [6, 6.07) is 13.6. The number of aliphatic hydroxyl groups is 1. The number of methoxy groups -OCH3 is 1. The van der Waals surface area contributed by atoms with E-state index in [4.69, 9.17) is 4.74 Å². The number of amides is 1. The number of ether oxygens (including phenoxy) is 1. The number of anilines is 1. The van der Waals surface area contributed by atoms with Crippen LogP contribution < -0.4 is 9.64 Å². The molecule has 0 bridgehead atoms. The summed E-state index contributed by atoms with van der Waals surface area (Å²) < 4.78 is 6.10. The fraction of sp³-hybridized carbons (Fsp3) is 0.158. The molecule has 0 spiro atoms. The van der Waals surface area contributed by atoms with Crippen molar-refractivity contribution in [3.05, 3.63) is 69.9 Å². The highest BCUT2D eigenvalue weighted by Crippen LogP contribution is 2.41. The highest BCUT2D eigenvalue weighted by atomic mass is 79.9. The van der Waals surface area contributed by atoms with Crippen molar-refractivity contribution in [2.75, 3.05) is 12.0 Å². The number of carbonyl (C=O) groups excluding carboxylic acids is 2. The van der Waals surface area contributed by atoms with E-state index < -0.39 is 17.7 Å². The first-order valence-corrected chi connectivity index (χ1v) is 8.40. The summed E-state index contributed by atoms with van der Waals surface area (Å²) in [5.74, 6) is -0.880. The van der Waals surface area contributed by atoms with Gasteiger partial charge in [-0.05, 0) is 36.8 Å². The summed E-state index contributed by atoms with van der Waals surface area (Å²) >= 11 is 3.38. The number of hydrogen-bond donors (Lipinski definition) is 1. The molecule has 128 valence electrons. The Morgan fingerprint density at radius 3 is 2.48 bits per heavy atom. The molecule has 2 aromatic carbocycles. The number of hydrogen-bond acceptors (Lipinski definition) is 4. The normalized spacial score (nSPS) is 17.2. The predicted octanol–water partition coefficient (Wildman–Crippen LogP) is 3.95. The second kappa shape index (κ2) is 6.72. The second-order valence-corrected chi connectivity index (χ2v) is 6.56. The van der Waals surface area contributed by atoms with Gasteiger partial charge in [0.1, 0.15) is 5.75 Å². The number of rotatable bonds is 4. The number of benzene rings is 2. The summed E-state index contributed by atoms with van der Waals surface area (Å²) in [7, 11) is 1.54. The number of halogens is 1. The fourth-order valence-electron chi connectivity index (χ4n) is 2.95. The quantitative estimate of drug-likeness (QED) is 0.841. The molecular weight excluding hydrogens is 386 g/mol. The van der Waals surface area contributed by atoms with Gasteiger partial charge in [0.2, 0.25) is 0 Å². The van der Waals surface area contributed by atoms with Crippen LogP contribution in [0.1, 0.15) is 18.5 Å². The minimum atomic E-state index is -0.690. The Hall–Kier alpha value is -2.60. The lowest BCUT2D eigenvalue weighted by Crippen LogP contribution is -2.30. The number of ketones is 1. The van der Waals surface area contributed by atoms with Gasteiger partial charge in [0.25, 0.3) is 5.91 Å². The highest BCUT2D eigenvalue weighted by Gasteiger charge is 2.43. The molecule has 0 saturated heterocycles. The van der Waals surface area contributed by atoms with Gasteiger partial charge in [-0.2, -0.15) is 0 Å². The van der Waals surface area contributed by atoms with Gasteiger partial charge in [-0.3, -0.25) is 14.5 Å². The summed E-state index contributed by atoms with van der Waals surface area (Å²) in [5, 5.41) is 10.3. The highest BCUT2D eigenvalue weighted by molar-refractivity contribution is 9.10. The van der Waals surface area contributed by atoms with Gasteiger partial charge in [-0.15, -0.1) is 0 Å². The summed E-state index contributed by atoms with van der Waals surface area (Å²) in [6.07, 6.45) is 0. The molecule has 0 saturated carbocycles. The Kier molecular flexibility index (Phi) is 4.63. The van der Waals surface area contributed by atoms with Crippen LogP contribution in [0.25, 0.3) is 0 Å². The summed E-state index contributed by atoms with van der Waals surface area (Å²) in [4.78, 5) is 26.2. The van der Waals surface area contributed by atoms with E-state index in [1.165, 1.54) is 18.9 Å². The third-order valence-corrected chi connectivity index (χ3v) is 4.63. The summed E-state index contributed by atoms with van der Waals surface area (Å²) in [5.41, 5.74) is 1.36. The molecule has 6 heteroatoms. The van der Waals surface area contributed by atoms with Crippen molar-refractivity contribution >= 4 is 33.3 Å². The Morgan fingerprint density at radius 2 is 1.88 bits per heavy atom. The molecule has 1 atom stereocenters. The third-order valence-electron chi connectivity index (χ3n) is 4.10. The van der Waals surface area contributed by atoms with Crippen molar-refractivity contribution in [3.8, 4) is 5.75 Å². The van der Waals surface area contributed by atoms with Crippen LogP contribution in [-0.2, 0) is 9.59 Å². The molecule has 0 aromatic heterocycles. The number of Topliss-reactive ketones (excluding diaryl/α,β-unsaturated/α-hetero) is 1. The van der Waals surface area contributed by atoms with Gasteiger partial charge in [0, 0.05) is 16.2 Å². The van der Waals surface area contributed by atoms with Crippen molar-refractivity contribution in [2.45, 2.75) is 13.0 Å². The Balaban J connectivity index is 2.17. The first-order valence-electron chi connectivity index (χ1n) is 7.61. The van der Waals surface area contributed by atoms with E-state index in [2.05, 4.69) is 15.9 Å². The zero-order valence-electron chi connectivity index (χ0n) is 13.7. The fourth-order valence-corrected chi connectivity index (χ4v) is 3.22. The average Bonchev–Trinajstić information content (AvgIpc) is 2.87. The number of aliphatic hydroxyl groups excluding tert-OH is 1. The molecule has 1 aliphatic heterocycles. The molecule has 1 N–H and O–H groups in total. The van der Waals surface area contributed by atoms with Crippen LogP contribution in [0, 0.1) is 0 Å². The van der Waals surface area contributed by atoms with E-state index in [1.54, 1.807) is 24.3 Å². The van der Waals surface area contributed by atoms with E-state index in [0.29, 0.717) is 11.4 Å². The number of carbonyl (C=O) groups is 2. The van der Waals surface area contributed by atoms with E-state index in [-0.39, 0.29) is 11.4 Å². The molecule has 0 radical (unpaired) electrons. The van der Waals surface area contributed by atoms with Crippen LogP contribution in [-0.4, -0.2) is 23.9 Å². The Bertz CT molecular complexity index is 873. The smallest absolute Gasteiger partial charge is 0.294 e. The van der Waals surface area contributed by atoms with Gasteiger partial charge in [-0.1, -0.05) is 34.1 Å². The van der Waals surface area contributed by atoms with Gasteiger partial charge in [-0.25, -0.2) is 0 Å². The van der Waals surface area contributed by atoms with Crippen LogP contribution in [0.5, 0.6) is 5.75 Å². The molecule has 1 heterocycles. The minimum Gasteiger partial charge on any atom is -0.503 e. The second-order valence-electron chi connectivity index (χ2n) is 5.65. The van der Waals surface area contributed by atoms with Crippen LogP contribution in [0.15, 0.2) is 64.3 Å². The Labute approximate surface area is 153 Å². The summed E-state index contributed by atoms with van der Waals surface area (Å²) in [6.45, 7) is 1.35. The first-order chi connectivity index (χ1) is 11.9. The molecule has 1 amide bonds. The maximum Gasteiger partial charge on any atom is 0.294 e. The lowest BCUT2D eigenvalue weighted by Gasteiger charge is -2.27. The van der Waals surface area contributed by atoms with Crippen molar-refractivity contribution < 1.29 is 19.4 Å². The van der Waals surface area contributed by atoms with E-state index in [0.717, 1.165) is 10.0 Å². The zero-order chi connectivity index (χ0) is 18.1. The van der Waals surface area contributed by atoms with E-state index in [1.807, 2.05) is 24.3 Å². The molecule has 3 rings (SSSR count). The van der Waals surface area contributed by atoms with E-state index in [9.17, 15) is 14.7 Å². The van der Waals surface area contributed by atoms with Crippen LogP contribution in [0.4, 0.5) is 5.69 Å². The zero-order valence-corrected chi connectivity index (χ0v) is 15.3. The lowest BCUT2D eigenvalue weighted by atomic mass is 9.96. The van der Waals surface area contributed by atoms with Crippen molar-refractivity contribution in [1.29, 1.82) is 0 Å². The van der Waals surface area contributed by atoms with Crippen LogP contribution >= 0.6 is 15.9 Å².